The first-order chi connectivity index (χ1) is 19.4. The Morgan fingerprint density at radius 3 is 2.38 bits per heavy atom. The molecule has 0 heterocycles. The maximum Gasteiger partial charge on any atom is 0.416 e. The largest absolute Gasteiger partial charge is 0.500 e. The molecule has 3 rings (SSSR count). The van der Waals surface area contributed by atoms with E-state index in [9.17, 15) is 14.7 Å². The minimum absolute atomic E-state index is 0.0468. The fourth-order valence-electron chi connectivity index (χ4n) is 3.49. The van der Waals surface area contributed by atoms with Crippen LogP contribution in [-0.2, 0) is 16.1 Å². The van der Waals surface area contributed by atoms with Gasteiger partial charge < -0.3 is 24.1 Å². The molecule has 0 atom stereocenters. The zero-order valence-corrected chi connectivity index (χ0v) is 22.7. The van der Waals surface area contributed by atoms with Crippen LogP contribution in [0.3, 0.4) is 0 Å². The van der Waals surface area contributed by atoms with E-state index in [1.54, 1.807) is 61.9 Å². The third kappa shape index (κ3) is 9.70. The lowest BCUT2D eigenvalue weighted by Crippen LogP contribution is -2.37. The highest BCUT2D eigenvalue weighted by atomic mass is 16.6. The van der Waals surface area contributed by atoms with Crippen LogP contribution in [0.25, 0.3) is 0 Å². The number of carbonyl (C=O) groups excluding carboxylic acids is 1. The molecule has 208 valence electrons. The van der Waals surface area contributed by atoms with Crippen molar-refractivity contribution in [3.8, 4) is 17.2 Å². The third-order valence-electron chi connectivity index (χ3n) is 5.69. The Kier molecular flexibility index (Phi) is 11.4. The van der Waals surface area contributed by atoms with Gasteiger partial charge in [0.05, 0.1) is 26.5 Å². The summed E-state index contributed by atoms with van der Waals surface area (Å²) < 4.78 is 21.7. The summed E-state index contributed by atoms with van der Waals surface area (Å²) >= 11 is 0. The van der Waals surface area contributed by atoms with E-state index in [0.29, 0.717) is 35.8 Å². The number of carboxylic acid groups (broad SMARTS) is 1. The van der Waals surface area contributed by atoms with Crippen molar-refractivity contribution >= 4 is 18.3 Å². The van der Waals surface area contributed by atoms with Crippen molar-refractivity contribution < 1.29 is 33.6 Å². The average molecular weight is 545 g/mol. The van der Waals surface area contributed by atoms with E-state index in [1.807, 2.05) is 37.3 Å². The summed E-state index contributed by atoms with van der Waals surface area (Å²) in [6, 6.07) is 13.5. The SMILES string of the molecule is CO/C(C)=C(/CCOc1ccc(CN(CC(=O)O)C(=O)Oc2ccc(OC)cc2)cc1)N=CC1=CC=C=CC=C1. The van der Waals surface area contributed by atoms with Gasteiger partial charge in [-0.15, -0.1) is 5.73 Å². The fraction of sp³-hybridized carbons (Fsp3) is 0.226. The highest BCUT2D eigenvalue weighted by Crippen LogP contribution is 2.20. The van der Waals surface area contributed by atoms with Crippen LogP contribution >= 0.6 is 0 Å². The first-order valence-electron chi connectivity index (χ1n) is 12.5. The molecule has 0 aromatic heterocycles. The number of aliphatic carboxylic acids is 1. The van der Waals surface area contributed by atoms with E-state index in [0.717, 1.165) is 16.2 Å². The number of methoxy groups -OCH3 is 2. The minimum atomic E-state index is -1.15. The second kappa shape index (κ2) is 15.4. The third-order valence-corrected chi connectivity index (χ3v) is 5.69. The van der Waals surface area contributed by atoms with E-state index in [4.69, 9.17) is 18.9 Å². The van der Waals surface area contributed by atoms with E-state index >= 15 is 0 Å². The van der Waals surface area contributed by atoms with Crippen LogP contribution in [0, 0.1) is 0 Å². The predicted octanol–water partition coefficient (Wildman–Crippen LogP) is 5.71. The van der Waals surface area contributed by atoms with Crippen molar-refractivity contribution in [1.29, 1.82) is 0 Å². The maximum atomic E-state index is 12.7. The minimum Gasteiger partial charge on any atom is -0.500 e. The number of hydrogen-bond donors (Lipinski definition) is 1. The van der Waals surface area contributed by atoms with Crippen LogP contribution in [0.1, 0.15) is 18.9 Å². The molecule has 1 amide bonds. The van der Waals surface area contributed by atoms with Gasteiger partial charge in [0.1, 0.15) is 29.6 Å². The van der Waals surface area contributed by atoms with Crippen molar-refractivity contribution in [2.45, 2.75) is 19.9 Å². The Morgan fingerprint density at radius 2 is 1.70 bits per heavy atom. The fourth-order valence-corrected chi connectivity index (χ4v) is 3.49. The van der Waals surface area contributed by atoms with Gasteiger partial charge >= 0.3 is 12.1 Å². The molecule has 1 aliphatic carbocycles. The normalized spacial score (nSPS) is 12.8. The lowest BCUT2D eigenvalue weighted by Gasteiger charge is -2.20. The Balaban J connectivity index is 1.57. The Hall–Kier alpha value is -5.01. The van der Waals surface area contributed by atoms with Crippen LogP contribution in [0.4, 0.5) is 4.79 Å². The van der Waals surface area contributed by atoms with Crippen molar-refractivity contribution in [2.75, 3.05) is 27.4 Å². The summed E-state index contributed by atoms with van der Waals surface area (Å²) in [6.45, 7) is 1.75. The van der Waals surface area contributed by atoms with Gasteiger partial charge in [0.15, 0.2) is 0 Å². The number of benzene rings is 2. The predicted molar refractivity (Wildman–Crippen MR) is 152 cm³/mol. The Morgan fingerprint density at radius 1 is 1.00 bits per heavy atom. The smallest absolute Gasteiger partial charge is 0.416 e. The van der Waals surface area contributed by atoms with Gasteiger partial charge in [0.2, 0.25) is 0 Å². The zero-order chi connectivity index (χ0) is 28.7. The second-order valence-corrected chi connectivity index (χ2v) is 8.53. The topological polar surface area (TPSA) is 107 Å². The van der Waals surface area contributed by atoms with Gasteiger partial charge in [0, 0.05) is 19.2 Å². The maximum absolute atomic E-state index is 12.7. The Bertz CT molecular complexity index is 1350. The number of allylic oxidation sites excluding steroid dienone is 6. The molecule has 0 unspecified atom stereocenters. The summed E-state index contributed by atoms with van der Waals surface area (Å²) in [6.07, 6.45) is 10.9. The molecule has 0 saturated carbocycles. The summed E-state index contributed by atoms with van der Waals surface area (Å²) in [5.74, 6) is 1.06. The molecule has 0 fully saturated rings. The van der Waals surface area contributed by atoms with Crippen LogP contribution in [0.2, 0.25) is 0 Å². The van der Waals surface area contributed by atoms with Crippen molar-refractivity contribution in [2.24, 2.45) is 4.99 Å². The number of amides is 1. The highest BCUT2D eigenvalue weighted by Gasteiger charge is 2.19. The van der Waals surface area contributed by atoms with Crippen molar-refractivity contribution in [1.82, 2.24) is 4.90 Å². The number of carbonyl (C=O) groups is 2. The number of nitrogens with zero attached hydrogens (tertiary/aromatic N) is 2. The molecule has 2 aromatic carbocycles. The number of carboxylic acids is 1. The monoisotopic (exact) mass is 544 g/mol. The highest BCUT2D eigenvalue weighted by molar-refractivity contribution is 5.83. The first-order valence-corrected chi connectivity index (χ1v) is 12.5. The van der Waals surface area contributed by atoms with Gasteiger partial charge in [-0.05, 0) is 72.7 Å². The van der Waals surface area contributed by atoms with Gasteiger partial charge in [-0.2, -0.15) is 0 Å². The Labute approximate surface area is 233 Å². The van der Waals surface area contributed by atoms with E-state index in [-0.39, 0.29) is 12.3 Å². The van der Waals surface area contributed by atoms with Gasteiger partial charge in [-0.3, -0.25) is 14.7 Å². The van der Waals surface area contributed by atoms with Gasteiger partial charge in [-0.25, -0.2) is 4.79 Å². The quantitative estimate of drug-likeness (QED) is 0.196. The molecular weight excluding hydrogens is 512 g/mol. The molecule has 1 aliphatic rings. The second-order valence-electron chi connectivity index (χ2n) is 8.53. The molecule has 1 N–H and O–H groups in total. The summed E-state index contributed by atoms with van der Waals surface area (Å²) in [5, 5.41) is 9.29. The average Bonchev–Trinajstić information content (AvgIpc) is 3.24. The molecule has 0 bridgehead atoms. The summed E-state index contributed by atoms with van der Waals surface area (Å²) in [4.78, 5) is 29.7. The van der Waals surface area contributed by atoms with E-state index in [2.05, 4.69) is 10.7 Å². The lowest BCUT2D eigenvalue weighted by molar-refractivity contribution is -0.138. The number of hydrogen-bond acceptors (Lipinski definition) is 7. The van der Waals surface area contributed by atoms with Crippen LogP contribution < -0.4 is 14.2 Å². The number of rotatable bonds is 13. The standard InChI is InChI=1S/C31H32N2O7/c1-23(37-2)29(32-20-24-8-6-4-5-7-9-24)18-19-39-27-12-10-25(11-13-27)21-33(22-30(34)35)31(36)40-28-16-14-26(38-3)15-17-28/h4,6-17,20H,18-19,21-22H2,1-3H3,(H,34,35)/b29-23-,32-20?. The molecular formula is C31H32N2O7. The van der Waals surface area contributed by atoms with Crippen LogP contribution in [0.15, 0.2) is 107 Å². The molecule has 0 spiro atoms. The molecule has 0 aliphatic heterocycles. The summed E-state index contributed by atoms with van der Waals surface area (Å²) in [5.41, 5.74) is 5.41. The van der Waals surface area contributed by atoms with Crippen molar-refractivity contribution in [3.05, 3.63) is 107 Å². The van der Waals surface area contributed by atoms with E-state index in [1.165, 1.54) is 7.11 Å². The van der Waals surface area contributed by atoms with Crippen molar-refractivity contribution in [3.63, 3.8) is 0 Å². The lowest BCUT2D eigenvalue weighted by atomic mass is 10.2. The van der Waals surface area contributed by atoms with Gasteiger partial charge in [0.25, 0.3) is 0 Å². The van der Waals surface area contributed by atoms with Gasteiger partial charge in [-0.1, -0.05) is 24.3 Å². The number of aliphatic imine (C=N–C) groups is 1. The first kappa shape index (κ1) is 29.5. The zero-order valence-electron chi connectivity index (χ0n) is 22.7. The van der Waals surface area contributed by atoms with Crippen LogP contribution in [-0.4, -0.2) is 55.7 Å². The molecule has 40 heavy (non-hydrogen) atoms. The molecule has 0 radical (unpaired) electrons. The number of ether oxygens (including phenoxy) is 4. The molecule has 9 nitrogen and oxygen atoms in total. The molecule has 2 aromatic rings. The van der Waals surface area contributed by atoms with Crippen LogP contribution in [0.5, 0.6) is 17.2 Å². The molecule has 9 heteroatoms. The van der Waals surface area contributed by atoms with E-state index < -0.39 is 18.6 Å². The molecule has 0 saturated heterocycles. The summed E-state index contributed by atoms with van der Waals surface area (Å²) in [7, 11) is 3.13.